The number of esters is 3. The molecule has 0 bridgehead atoms. The maximum Gasteiger partial charge on any atom is 0.303 e. The lowest BCUT2D eigenvalue weighted by Gasteiger charge is -2.35. The predicted octanol–water partition coefficient (Wildman–Crippen LogP) is 2.07. The van der Waals surface area contributed by atoms with E-state index in [1.807, 2.05) is 0 Å². The van der Waals surface area contributed by atoms with Crippen molar-refractivity contribution >= 4 is 23.7 Å². The second-order valence-corrected chi connectivity index (χ2v) is 6.65. The maximum absolute atomic E-state index is 12.4. The van der Waals surface area contributed by atoms with Crippen LogP contribution >= 0.6 is 0 Å². The molecule has 1 aliphatic rings. The average molecular weight is 420 g/mol. The Labute approximate surface area is 173 Å². The molecule has 0 amide bonds. The molecule has 9 heteroatoms. The van der Waals surface area contributed by atoms with Crippen LogP contribution in [0.25, 0.3) is 0 Å². The molecule has 0 fully saturated rings. The first-order valence-electron chi connectivity index (χ1n) is 9.17. The summed E-state index contributed by atoms with van der Waals surface area (Å²) in [6, 6.07) is 4.96. The minimum Gasteiger partial charge on any atom is -0.497 e. The summed E-state index contributed by atoms with van der Waals surface area (Å²) in [5.41, 5.74) is 0.690. The van der Waals surface area contributed by atoms with Crippen molar-refractivity contribution in [2.24, 2.45) is 0 Å². The third-order valence-electron chi connectivity index (χ3n) is 4.37. The van der Waals surface area contributed by atoms with Crippen molar-refractivity contribution in [3.8, 4) is 11.5 Å². The Balaban J connectivity index is 2.62. The lowest BCUT2D eigenvalue weighted by Crippen LogP contribution is -2.44. The highest BCUT2D eigenvalue weighted by atomic mass is 16.6. The number of benzene rings is 1. The van der Waals surface area contributed by atoms with Crippen molar-refractivity contribution in [3.05, 3.63) is 35.6 Å². The number of ether oxygens (including phenoxy) is 5. The smallest absolute Gasteiger partial charge is 0.303 e. The highest BCUT2D eigenvalue weighted by molar-refractivity contribution is 5.95. The van der Waals surface area contributed by atoms with E-state index >= 15 is 0 Å². The molecule has 1 aromatic carbocycles. The second-order valence-electron chi connectivity index (χ2n) is 6.65. The van der Waals surface area contributed by atoms with Crippen LogP contribution in [0.4, 0.5) is 0 Å². The van der Waals surface area contributed by atoms with Gasteiger partial charge in [-0.15, -0.1) is 0 Å². The molecule has 9 nitrogen and oxygen atoms in total. The van der Waals surface area contributed by atoms with E-state index in [9.17, 15) is 19.2 Å². The number of methoxy groups -OCH3 is 1. The SMILES string of the molecule is COc1ccc2c(c1)[C@H]([C@@H](OC(C)=O)[C@@H](COC(C)=O)OC(C)=O)C(C(C)=O)=CO2. The fraction of sp³-hybridized carbons (Fsp3) is 0.429. The number of fused-ring (bicyclic) bond motifs is 1. The van der Waals surface area contributed by atoms with Gasteiger partial charge in [-0.1, -0.05) is 0 Å². The van der Waals surface area contributed by atoms with Crippen molar-refractivity contribution < 1.29 is 42.9 Å². The molecular formula is C21H24O9. The van der Waals surface area contributed by atoms with Gasteiger partial charge in [0.2, 0.25) is 0 Å². The van der Waals surface area contributed by atoms with Gasteiger partial charge < -0.3 is 23.7 Å². The summed E-state index contributed by atoms with van der Waals surface area (Å²) in [4.78, 5) is 47.3. The molecule has 0 radical (unpaired) electrons. The lowest BCUT2D eigenvalue weighted by molar-refractivity contribution is -0.174. The Bertz CT molecular complexity index is 871. The maximum atomic E-state index is 12.4. The van der Waals surface area contributed by atoms with E-state index in [1.165, 1.54) is 41.1 Å². The third-order valence-corrected chi connectivity index (χ3v) is 4.37. The molecule has 162 valence electrons. The van der Waals surface area contributed by atoms with Crippen LogP contribution in [0.2, 0.25) is 0 Å². The van der Waals surface area contributed by atoms with Crippen LogP contribution in [-0.4, -0.2) is 49.6 Å². The molecule has 0 spiro atoms. The van der Waals surface area contributed by atoms with E-state index in [0.29, 0.717) is 17.1 Å². The van der Waals surface area contributed by atoms with Crippen LogP contribution in [0.3, 0.4) is 0 Å². The van der Waals surface area contributed by atoms with Crippen LogP contribution in [0, 0.1) is 0 Å². The van der Waals surface area contributed by atoms with E-state index in [1.54, 1.807) is 18.2 Å². The van der Waals surface area contributed by atoms with Gasteiger partial charge in [0.05, 0.1) is 19.3 Å². The molecule has 0 unspecified atom stereocenters. The Kier molecular flexibility index (Phi) is 7.57. The van der Waals surface area contributed by atoms with Gasteiger partial charge in [-0.25, -0.2) is 0 Å². The first-order chi connectivity index (χ1) is 14.1. The zero-order valence-corrected chi connectivity index (χ0v) is 17.4. The van der Waals surface area contributed by atoms with E-state index in [2.05, 4.69) is 0 Å². The highest BCUT2D eigenvalue weighted by Gasteiger charge is 2.42. The van der Waals surface area contributed by atoms with Gasteiger partial charge in [0.25, 0.3) is 0 Å². The normalized spacial score (nSPS) is 16.7. The van der Waals surface area contributed by atoms with Gasteiger partial charge in [0.1, 0.15) is 18.1 Å². The molecule has 30 heavy (non-hydrogen) atoms. The zero-order valence-electron chi connectivity index (χ0n) is 17.4. The molecular weight excluding hydrogens is 396 g/mol. The first-order valence-corrected chi connectivity index (χ1v) is 9.17. The minimum absolute atomic E-state index is 0.196. The van der Waals surface area contributed by atoms with Crippen molar-refractivity contribution in [3.63, 3.8) is 0 Å². The van der Waals surface area contributed by atoms with Crippen molar-refractivity contribution in [2.45, 2.75) is 45.8 Å². The topological polar surface area (TPSA) is 114 Å². The van der Waals surface area contributed by atoms with Gasteiger partial charge in [0, 0.05) is 31.9 Å². The number of Topliss-reactive ketones (excluding diaryl/α,β-unsaturated/α-hetero) is 1. The van der Waals surface area contributed by atoms with E-state index in [-0.39, 0.29) is 18.0 Å². The van der Waals surface area contributed by atoms with Gasteiger partial charge >= 0.3 is 17.9 Å². The number of hydrogen-bond donors (Lipinski definition) is 0. The molecule has 1 aromatic rings. The first kappa shape index (κ1) is 22.9. The number of carbonyl (C=O) groups excluding carboxylic acids is 4. The molecule has 0 saturated heterocycles. The summed E-state index contributed by atoms with van der Waals surface area (Å²) in [7, 11) is 1.48. The third kappa shape index (κ3) is 5.59. The van der Waals surface area contributed by atoms with Crippen LogP contribution < -0.4 is 9.47 Å². The molecule has 3 atom stereocenters. The molecule has 0 saturated carbocycles. The molecule has 0 aromatic heterocycles. The quantitative estimate of drug-likeness (QED) is 0.460. The van der Waals surface area contributed by atoms with Crippen LogP contribution in [-0.2, 0) is 33.4 Å². The van der Waals surface area contributed by atoms with Crippen molar-refractivity contribution in [1.29, 1.82) is 0 Å². The van der Waals surface area contributed by atoms with Crippen molar-refractivity contribution in [1.82, 2.24) is 0 Å². The van der Waals surface area contributed by atoms with E-state index < -0.39 is 36.0 Å². The predicted molar refractivity (Wildman–Crippen MR) is 103 cm³/mol. The summed E-state index contributed by atoms with van der Waals surface area (Å²) in [5, 5.41) is 0. The Morgan fingerprint density at radius 1 is 1.00 bits per heavy atom. The van der Waals surface area contributed by atoms with Crippen LogP contribution in [0.1, 0.15) is 39.2 Å². The van der Waals surface area contributed by atoms with Gasteiger partial charge in [-0.05, 0) is 25.1 Å². The second kappa shape index (κ2) is 9.91. The summed E-state index contributed by atoms with van der Waals surface area (Å²) < 4.78 is 26.7. The monoisotopic (exact) mass is 420 g/mol. The molecule has 0 N–H and O–H groups in total. The van der Waals surface area contributed by atoms with Crippen LogP contribution in [0.5, 0.6) is 11.5 Å². The lowest BCUT2D eigenvalue weighted by atomic mass is 9.81. The number of ketones is 1. The summed E-state index contributed by atoms with van der Waals surface area (Å²) in [6.45, 7) is 4.53. The largest absolute Gasteiger partial charge is 0.497 e. The molecule has 2 rings (SSSR count). The van der Waals surface area contributed by atoms with E-state index in [4.69, 9.17) is 23.7 Å². The number of rotatable bonds is 8. The van der Waals surface area contributed by atoms with E-state index in [0.717, 1.165) is 0 Å². The fourth-order valence-corrected chi connectivity index (χ4v) is 3.19. The van der Waals surface area contributed by atoms with Gasteiger partial charge in [-0.2, -0.15) is 0 Å². The van der Waals surface area contributed by atoms with Gasteiger partial charge in [0.15, 0.2) is 18.0 Å². The van der Waals surface area contributed by atoms with Gasteiger partial charge in [-0.3, -0.25) is 19.2 Å². The summed E-state index contributed by atoms with van der Waals surface area (Å²) in [5.74, 6) is -2.24. The standard InChI is InChI=1S/C21H24O9/c1-11(22)17-9-28-18-7-6-15(26-5)8-16(18)20(17)21(30-14(4)25)19(29-13(3)24)10-27-12(2)23/h6-9,19-21H,10H2,1-5H3/t19-,20+,21+/m1/s1. The molecule has 1 heterocycles. The minimum atomic E-state index is -1.17. The summed E-state index contributed by atoms with van der Waals surface area (Å²) >= 11 is 0. The average Bonchev–Trinajstić information content (AvgIpc) is 2.67. The number of carbonyl (C=O) groups is 4. The molecule has 1 aliphatic heterocycles. The fourth-order valence-electron chi connectivity index (χ4n) is 3.19. The number of hydrogen-bond acceptors (Lipinski definition) is 9. The summed E-state index contributed by atoms with van der Waals surface area (Å²) in [6.07, 6.45) is -1.06. The van der Waals surface area contributed by atoms with Crippen LogP contribution in [0.15, 0.2) is 30.0 Å². The molecule has 0 aliphatic carbocycles. The highest BCUT2D eigenvalue weighted by Crippen LogP contribution is 2.43. The zero-order chi connectivity index (χ0) is 22.4. The Morgan fingerprint density at radius 2 is 1.67 bits per heavy atom. The van der Waals surface area contributed by atoms with Crippen molar-refractivity contribution in [2.75, 3.05) is 13.7 Å². The Morgan fingerprint density at radius 3 is 2.20 bits per heavy atom. The Hall–Kier alpha value is -3.36.